The Labute approximate surface area is 187 Å². The summed E-state index contributed by atoms with van der Waals surface area (Å²) in [4.78, 5) is 18.7. The normalized spacial score (nSPS) is 15.8. The van der Waals surface area contributed by atoms with Gasteiger partial charge in [0.2, 0.25) is 5.91 Å². The first kappa shape index (κ1) is 24.7. The third kappa shape index (κ3) is 7.95. The van der Waals surface area contributed by atoms with Crippen molar-refractivity contribution in [3.63, 3.8) is 0 Å². The number of carbonyl (C=O) groups excluding carboxylic acids is 1. The van der Waals surface area contributed by atoms with Crippen LogP contribution in [0, 0.1) is 0 Å². The Hall–Kier alpha value is -1.35. The Morgan fingerprint density at radius 1 is 1.21 bits per heavy atom. The molecule has 1 atom stereocenters. The molecule has 2 rings (SSSR count). The summed E-state index contributed by atoms with van der Waals surface area (Å²) in [5.41, 5.74) is 2.68. The lowest BCUT2D eigenvalue weighted by atomic mass is 9.98. The van der Waals surface area contributed by atoms with Gasteiger partial charge in [-0.3, -0.25) is 14.7 Å². The molecule has 1 heterocycles. The minimum absolute atomic E-state index is 0. The van der Waals surface area contributed by atoms with E-state index in [0.29, 0.717) is 12.0 Å². The van der Waals surface area contributed by atoms with Gasteiger partial charge in [-0.15, -0.1) is 24.0 Å². The maximum Gasteiger partial charge on any atom is 0.239 e. The summed E-state index contributed by atoms with van der Waals surface area (Å²) in [6.45, 7) is 11.2. The molecule has 1 aliphatic heterocycles. The third-order valence-corrected chi connectivity index (χ3v) is 4.81. The van der Waals surface area contributed by atoms with E-state index in [1.54, 1.807) is 7.05 Å². The molecule has 0 bridgehead atoms. The van der Waals surface area contributed by atoms with Crippen LogP contribution in [0.25, 0.3) is 0 Å². The minimum atomic E-state index is -0.229. The van der Waals surface area contributed by atoms with E-state index in [-0.39, 0.29) is 42.0 Å². The van der Waals surface area contributed by atoms with Gasteiger partial charge in [0, 0.05) is 38.3 Å². The van der Waals surface area contributed by atoms with Gasteiger partial charge >= 0.3 is 0 Å². The topological polar surface area (TPSA) is 68.8 Å². The number of aliphatic imine (C=N–C) groups is 1. The van der Waals surface area contributed by atoms with Crippen LogP contribution in [0.5, 0.6) is 0 Å². The molecule has 3 N–H and O–H groups in total. The van der Waals surface area contributed by atoms with Gasteiger partial charge in [-0.2, -0.15) is 0 Å². The van der Waals surface area contributed by atoms with E-state index in [1.165, 1.54) is 11.1 Å². The Kier molecular flexibility index (Phi) is 10.2. The van der Waals surface area contributed by atoms with Crippen molar-refractivity contribution in [3.05, 3.63) is 35.4 Å². The molecular weight excluding hydrogens is 465 g/mol. The molecule has 1 aromatic carbocycles. The summed E-state index contributed by atoms with van der Waals surface area (Å²) < 4.78 is 0. The molecule has 0 radical (unpaired) electrons. The van der Waals surface area contributed by atoms with Gasteiger partial charge < -0.3 is 16.0 Å². The molecule has 28 heavy (non-hydrogen) atoms. The van der Waals surface area contributed by atoms with Crippen LogP contribution in [0.1, 0.15) is 45.2 Å². The van der Waals surface area contributed by atoms with Crippen molar-refractivity contribution in [1.82, 2.24) is 20.9 Å². The van der Waals surface area contributed by atoms with E-state index in [4.69, 9.17) is 0 Å². The molecule has 158 valence electrons. The third-order valence-electron chi connectivity index (χ3n) is 4.81. The van der Waals surface area contributed by atoms with Crippen molar-refractivity contribution in [2.24, 2.45) is 4.99 Å². The fraction of sp³-hybridized carbons (Fsp3) is 0.619. The van der Waals surface area contributed by atoms with Gasteiger partial charge in [0.15, 0.2) is 5.96 Å². The molecule has 0 spiro atoms. The highest BCUT2D eigenvalue weighted by Crippen LogP contribution is 2.21. The molecular formula is C21H36IN5O. The largest absolute Gasteiger partial charge is 0.355 e. The van der Waals surface area contributed by atoms with Crippen molar-refractivity contribution < 1.29 is 4.79 Å². The van der Waals surface area contributed by atoms with E-state index in [2.05, 4.69) is 57.0 Å². The van der Waals surface area contributed by atoms with Gasteiger partial charge in [-0.1, -0.05) is 31.2 Å². The lowest BCUT2D eigenvalue weighted by molar-refractivity contribution is -0.121. The minimum Gasteiger partial charge on any atom is -0.355 e. The molecule has 1 unspecified atom stereocenters. The van der Waals surface area contributed by atoms with E-state index < -0.39 is 0 Å². The standard InChI is InChI=1S/C21H35N5O.HI/c1-6-18(26-12-11-16-9-7-8-10-17(16)15-26)13-23-20(22-5)24-14-19(27)25-21(2,3)4;/h7-10,18H,6,11-15H2,1-5H3,(H,25,27)(H2,22,23,24);1H. The second kappa shape index (κ2) is 11.6. The van der Waals surface area contributed by atoms with E-state index in [1.807, 2.05) is 20.8 Å². The molecule has 0 saturated carbocycles. The summed E-state index contributed by atoms with van der Waals surface area (Å²) in [6, 6.07) is 9.14. The summed E-state index contributed by atoms with van der Waals surface area (Å²) in [5, 5.41) is 9.42. The molecule has 0 fully saturated rings. The van der Waals surface area contributed by atoms with Crippen LogP contribution in [0.15, 0.2) is 29.3 Å². The number of hydrogen-bond acceptors (Lipinski definition) is 3. The zero-order valence-corrected chi connectivity index (χ0v) is 20.2. The van der Waals surface area contributed by atoms with E-state index >= 15 is 0 Å². The molecule has 1 aromatic rings. The Balaban J connectivity index is 0.00000392. The van der Waals surface area contributed by atoms with Crippen LogP contribution in [-0.4, -0.2) is 55.0 Å². The summed E-state index contributed by atoms with van der Waals surface area (Å²) in [7, 11) is 1.73. The maximum atomic E-state index is 12.0. The lowest BCUT2D eigenvalue weighted by Crippen LogP contribution is -2.51. The van der Waals surface area contributed by atoms with Crippen LogP contribution >= 0.6 is 24.0 Å². The predicted octanol–water partition coefficient (Wildman–Crippen LogP) is 2.52. The van der Waals surface area contributed by atoms with Gasteiger partial charge in [0.25, 0.3) is 0 Å². The first-order valence-electron chi connectivity index (χ1n) is 9.88. The Morgan fingerprint density at radius 2 is 1.89 bits per heavy atom. The van der Waals surface area contributed by atoms with Crippen LogP contribution in [0.2, 0.25) is 0 Å². The van der Waals surface area contributed by atoms with Crippen LogP contribution in [0.4, 0.5) is 0 Å². The number of carbonyl (C=O) groups is 1. The summed E-state index contributed by atoms with van der Waals surface area (Å²) in [6.07, 6.45) is 2.17. The number of halogens is 1. The highest BCUT2D eigenvalue weighted by Gasteiger charge is 2.22. The van der Waals surface area contributed by atoms with Crippen LogP contribution < -0.4 is 16.0 Å². The van der Waals surface area contributed by atoms with Crippen molar-refractivity contribution in [3.8, 4) is 0 Å². The van der Waals surface area contributed by atoms with Crippen molar-refractivity contribution in [2.45, 2.75) is 58.7 Å². The average Bonchev–Trinajstić information content (AvgIpc) is 2.63. The highest BCUT2D eigenvalue weighted by molar-refractivity contribution is 14.0. The quantitative estimate of drug-likeness (QED) is 0.319. The van der Waals surface area contributed by atoms with E-state index in [0.717, 1.165) is 32.5 Å². The predicted molar refractivity (Wildman–Crippen MR) is 127 cm³/mol. The fourth-order valence-corrected chi connectivity index (χ4v) is 3.42. The summed E-state index contributed by atoms with van der Waals surface area (Å²) >= 11 is 0. The monoisotopic (exact) mass is 501 g/mol. The number of guanidine groups is 1. The van der Waals surface area contributed by atoms with Crippen LogP contribution in [-0.2, 0) is 17.8 Å². The smallest absolute Gasteiger partial charge is 0.239 e. The molecule has 1 aliphatic rings. The molecule has 1 amide bonds. The second-order valence-corrected chi connectivity index (χ2v) is 8.16. The van der Waals surface area contributed by atoms with Crippen molar-refractivity contribution in [1.29, 1.82) is 0 Å². The Morgan fingerprint density at radius 3 is 2.50 bits per heavy atom. The number of nitrogens with one attached hydrogen (secondary N) is 3. The van der Waals surface area contributed by atoms with Crippen LogP contribution in [0.3, 0.4) is 0 Å². The van der Waals surface area contributed by atoms with Crippen molar-refractivity contribution in [2.75, 3.05) is 26.7 Å². The Bertz CT molecular complexity index is 656. The van der Waals surface area contributed by atoms with Gasteiger partial charge in [-0.05, 0) is 44.7 Å². The first-order chi connectivity index (χ1) is 12.8. The van der Waals surface area contributed by atoms with Crippen molar-refractivity contribution >= 4 is 35.8 Å². The maximum absolute atomic E-state index is 12.0. The molecule has 0 aromatic heterocycles. The van der Waals surface area contributed by atoms with E-state index in [9.17, 15) is 4.79 Å². The molecule has 0 saturated heterocycles. The van der Waals surface area contributed by atoms with Gasteiger partial charge in [-0.25, -0.2) is 0 Å². The summed E-state index contributed by atoms with van der Waals surface area (Å²) in [5.74, 6) is 0.625. The highest BCUT2D eigenvalue weighted by atomic mass is 127. The number of rotatable bonds is 6. The molecule has 0 aliphatic carbocycles. The zero-order chi connectivity index (χ0) is 19.9. The molecule has 7 heteroatoms. The first-order valence-corrected chi connectivity index (χ1v) is 9.88. The number of hydrogen-bond donors (Lipinski definition) is 3. The second-order valence-electron chi connectivity index (χ2n) is 8.16. The lowest BCUT2D eigenvalue weighted by Gasteiger charge is -2.35. The molecule has 6 nitrogen and oxygen atoms in total. The zero-order valence-electron chi connectivity index (χ0n) is 17.8. The SMILES string of the molecule is CCC(CNC(=NC)NCC(=O)NC(C)(C)C)N1CCc2ccccc2C1.I. The number of nitrogens with zero attached hydrogens (tertiary/aromatic N) is 2. The fourth-order valence-electron chi connectivity index (χ4n) is 3.42. The number of benzene rings is 1. The number of fused-ring (bicyclic) bond motifs is 1. The average molecular weight is 501 g/mol. The number of amides is 1. The van der Waals surface area contributed by atoms with Gasteiger partial charge in [0.05, 0.1) is 6.54 Å². The van der Waals surface area contributed by atoms with Gasteiger partial charge in [0.1, 0.15) is 0 Å².